The van der Waals surface area contributed by atoms with E-state index < -0.39 is 5.91 Å². The maximum Gasteiger partial charge on any atom is 0.250 e. The molecule has 0 fully saturated rings. The van der Waals surface area contributed by atoms with Gasteiger partial charge in [0.15, 0.2) is 0 Å². The smallest absolute Gasteiger partial charge is 0.250 e. The molecule has 0 saturated heterocycles. The zero-order chi connectivity index (χ0) is 19.8. The summed E-state index contributed by atoms with van der Waals surface area (Å²) in [4.78, 5) is 17.6. The Balaban J connectivity index is 1.52. The van der Waals surface area contributed by atoms with Gasteiger partial charge in [-0.3, -0.25) is 9.69 Å². The van der Waals surface area contributed by atoms with Crippen molar-refractivity contribution in [1.29, 1.82) is 0 Å². The second kappa shape index (κ2) is 9.67. The number of amides is 1. The van der Waals surface area contributed by atoms with Crippen LogP contribution in [0.4, 0.5) is 0 Å². The Hall–Kier alpha value is -3.18. The summed E-state index contributed by atoms with van der Waals surface area (Å²) >= 11 is 0. The van der Waals surface area contributed by atoms with Crippen LogP contribution in [0, 0.1) is 0 Å². The summed E-state index contributed by atoms with van der Waals surface area (Å²) in [5.41, 5.74) is 8.17. The summed E-state index contributed by atoms with van der Waals surface area (Å²) in [6.07, 6.45) is 2.39. The van der Waals surface area contributed by atoms with Crippen LogP contribution in [0.3, 0.4) is 0 Å². The molecule has 0 bridgehead atoms. The number of benzene rings is 2. The van der Waals surface area contributed by atoms with E-state index in [2.05, 4.69) is 53.2 Å². The van der Waals surface area contributed by atoms with Gasteiger partial charge in [-0.2, -0.15) is 0 Å². The molecule has 0 saturated carbocycles. The van der Waals surface area contributed by atoms with Crippen molar-refractivity contribution < 1.29 is 9.53 Å². The molecule has 0 spiro atoms. The van der Waals surface area contributed by atoms with Crippen molar-refractivity contribution in [2.75, 3.05) is 13.1 Å². The number of nitrogens with zero attached hydrogens (tertiary/aromatic N) is 2. The van der Waals surface area contributed by atoms with Gasteiger partial charge in [-0.1, -0.05) is 49.4 Å². The number of primary amides is 1. The lowest BCUT2D eigenvalue weighted by Gasteiger charge is -2.20. The molecule has 0 unspecified atom stereocenters. The Bertz CT molecular complexity index is 878. The Kier molecular flexibility index (Phi) is 6.76. The maximum atomic E-state index is 11.1. The third kappa shape index (κ3) is 5.66. The molecule has 1 amide bonds. The first kappa shape index (κ1) is 19.6. The van der Waals surface area contributed by atoms with E-state index in [-0.39, 0.29) is 0 Å². The highest BCUT2D eigenvalue weighted by Crippen LogP contribution is 2.20. The van der Waals surface area contributed by atoms with Crippen LogP contribution in [-0.4, -0.2) is 28.9 Å². The average Bonchev–Trinajstić information content (AvgIpc) is 2.73. The molecule has 2 aromatic carbocycles. The van der Waals surface area contributed by atoms with Gasteiger partial charge in [0.1, 0.15) is 5.75 Å². The average molecular weight is 375 g/mol. The van der Waals surface area contributed by atoms with Crippen LogP contribution in [0.25, 0.3) is 0 Å². The van der Waals surface area contributed by atoms with Crippen molar-refractivity contribution in [2.45, 2.75) is 19.9 Å². The lowest BCUT2D eigenvalue weighted by molar-refractivity contribution is 0.1000. The van der Waals surface area contributed by atoms with Crippen molar-refractivity contribution in [3.05, 3.63) is 89.6 Å². The van der Waals surface area contributed by atoms with Gasteiger partial charge in [0.25, 0.3) is 0 Å². The third-order valence-corrected chi connectivity index (χ3v) is 4.58. The first-order valence-corrected chi connectivity index (χ1v) is 9.43. The molecular formula is C23H25N3O2. The van der Waals surface area contributed by atoms with Crippen molar-refractivity contribution in [2.24, 2.45) is 5.73 Å². The van der Waals surface area contributed by atoms with Crippen molar-refractivity contribution >= 4 is 5.91 Å². The highest BCUT2D eigenvalue weighted by molar-refractivity contribution is 5.92. The molecular weight excluding hydrogens is 350 g/mol. The maximum absolute atomic E-state index is 11.1. The molecule has 0 aliphatic heterocycles. The normalized spacial score (nSPS) is 10.8. The van der Waals surface area contributed by atoms with Gasteiger partial charge < -0.3 is 10.5 Å². The van der Waals surface area contributed by atoms with Crippen LogP contribution < -0.4 is 10.5 Å². The first-order valence-electron chi connectivity index (χ1n) is 9.43. The van der Waals surface area contributed by atoms with Gasteiger partial charge in [-0.15, -0.1) is 0 Å². The number of carbonyl (C=O) groups excluding carboxylic acids is 1. The molecule has 1 heterocycles. The summed E-state index contributed by atoms with van der Waals surface area (Å²) in [5.74, 6) is 0.634. The minimum Gasteiger partial charge on any atom is -0.439 e. The minimum absolute atomic E-state index is 0.360. The number of likely N-dealkylation sites (N-methyl/N-ethyl adjacent to an activating group) is 1. The molecule has 2 N–H and O–H groups in total. The second-order valence-corrected chi connectivity index (χ2v) is 6.60. The number of rotatable bonds is 9. The van der Waals surface area contributed by atoms with Crippen molar-refractivity contribution in [3.63, 3.8) is 0 Å². The molecule has 3 aromatic rings. The third-order valence-electron chi connectivity index (χ3n) is 4.58. The molecule has 3 rings (SSSR count). The molecule has 144 valence electrons. The topological polar surface area (TPSA) is 68.5 Å². The molecule has 1 aromatic heterocycles. The quantitative estimate of drug-likeness (QED) is 0.613. The fourth-order valence-electron chi connectivity index (χ4n) is 2.91. The zero-order valence-electron chi connectivity index (χ0n) is 16.0. The summed E-state index contributed by atoms with van der Waals surface area (Å²) in [7, 11) is 0. The monoisotopic (exact) mass is 375 g/mol. The van der Waals surface area contributed by atoms with E-state index in [1.807, 2.05) is 18.2 Å². The lowest BCUT2D eigenvalue weighted by atomic mass is 10.1. The second-order valence-electron chi connectivity index (χ2n) is 6.60. The standard InChI is InChI=1S/C23H25N3O2/c1-2-26(17-19-6-4-3-5-7-19)15-14-18-8-11-21(12-9-18)28-22-13-10-20(16-25-22)23(24)27/h3-13,16H,2,14-15,17H2,1H3,(H2,24,27). The van der Waals surface area contributed by atoms with Crippen LogP contribution in [0.5, 0.6) is 11.6 Å². The van der Waals surface area contributed by atoms with E-state index in [1.165, 1.54) is 17.3 Å². The Morgan fingerprint density at radius 3 is 2.36 bits per heavy atom. The van der Waals surface area contributed by atoms with Crippen LogP contribution in [0.15, 0.2) is 72.9 Å². The Labute approximate surface area is 165 Å². The number of nitrogens with two attached hydrogens (primary N) is 1. The molecule has 0 atom stereocenters. The fraction of sp³-hybridized carbons (Fsp3) is 0.217. The van der Waals surface area contributed by atoms with Crippen LogP contribution in [-0.2, 0) is 13.0 Å². The number of hydrogen-bond acceptors (Lipinski definition) is 4. The predicted octanol–water partition coefficient (Wildman–Crippen LogP) is 4.04. The molecule has 5 heteroatoms. The SMILES string of the molecule is CCN(CCc1ccc(Oc2ccc(C(N)=O)cn2)cc1)Cc1ccccc1. The highest BCUT2D eigenvalue weighted by Gasteiger charge is 2.06. The van der Waals surface area contributed by atoms with Crippen molar-refractivity contribution in [3.8, 4) is 11.6 Å². The van der Waals surface area contributed by atoms with Gasteiger partial charge in [0.2, 0.25) is 11.8 Å². The molecule has 28 heavy (non-hydrogen) atoms. The number of aromatic nitrogens is 1. The van der Waals surface area contributed by atoms with E-state index in [0.717, 1.165) is 26.1 Å². The van der Waals surface area contributed by atoms with E-state index in [1.54, 1.807) is 12.1 Å². The summed E-state index contributed by atoms with van der Waals surface area (Å²) in [5, 5.41) is 0. The van der Waals surface area contributed by atoms with E-state index >= 15 is 0 Å². The zero-order valence-corrected chi connectivity index (χ0v) is 16.0. The molecule has 0 aliphatic carbocycles. The molecule has 0 aliphatic rings. The fourth-order valence-corrected chi connectivity index (χ4v) is 2.91. The van der Waals surface area contributed by atoms with E-state index in [4.69, 9.17) is 10.5 Å². The van der Waals surface area contributed by atoms with E-state index in [0.29, 0.717) is 17.2 Å². The highest BCUT2D eigenvalue weighted by atomic mass is 16.5. The minimum atomic E-state index is -0.503. The van der Waals surface area contributed by atoms with Crippen LogP contribution >= 0.6 is 0 Å². The molecule has 5 nitrogen and oxygen atoms in total. The number of carbonyl (C=O) groups is 1. The molecule has 0 radical (unpaired) electrons. The van der Waals surface area contributed by atoms with Gasteiger partial charge >= 0.3 is 0 Å². The van der Waals surface area contributed by atoms with Crippen LogP contribution in [0.2, 0.25) is 0 Å². The summed E-state index contributed by atoms with van der Waals surface area (Å²) in [6, 6.07) is 21.8. The Morgan fingerprint density at radius 2 is 1.75 bits per heavy atom. The summed E-state index contributed by atoms with van der Waals surface area (Å²) < 4.78 is 5.72. The first-order chi connectivity index (χ1) is 13.6. The predicted molar refractivity (Wildman–Crippen MR) is 110 cm³/mol. The Morgan fingerprint density at radius 1 is 1.00 bits per heavy atom. The van der Waals surface area contributed by atoms with Gasteiger partial charge in [-0.25, -0.2) is 4.98 Å². The number of ether oxygens (including phenoxy) is 1. The van der Waals surface area contributed by atoms with Crippen molar-refractivity contribution in [1.82, 2.24) is 9.88 Å². The number of hydrogen-bond donors (Lipinski definition) is 1. The van der Waals surface area contributed by atoms with Gasteiger partial charge in [0, 0.05) is 25.4 Å². The summed E-state index contributed by atoms with van der Waals surface area (Å²) in [6.45, 7) is 5.17. The lowest BCUT2D eigenvalue weighted by Crippen LogP contribution is -2.25. The van der Waals surface area contributed by atoms with Gasteiger partial charge in [0.05, 0.1) is 5.56 Å². The number of pyridine rings is 1. The largest absolute Gasteiger partial charge is 0.439 e. The van der Waals surface area contributed by atoms with Crippen LogP contribution in [0.1, 0.15) is 28.4 Å². The van der Waals surface area contributed by atoms with Gasteiger partial charge in [-0.05, 0) is 42.3 Å². The van der Waals surface area contributed by atoms with E-state index in [9.17, 15) is 4.79 Å².